The van der Waals surface area contributed by atoms with Crippen molar-refractivity contribution in [3.63, 3.8) is 0 Å². The van der Waals surface area contributed by atoms with Gasteiger partial charge in [0.05, 0.1) is 0 Å². The van der Waals surface area contributed by atoms with Crippen molar-refractivity contribution in [1.29, 1.82) is 0 Å². The fourth-order valence-corrected chi connectivity index (χ4v) is 0.259. The van der Waals surface area contributed by atoms with E-state index in [4.69, 9.17) is 0 Å². The quantitative estimate of drug-likeness (QED) is 0.613. The van der Waals surface area contributed by atoms with Crippen LogP contribution in [0.25, 0.3) is 0 Å². The second kappa shape index (κ2) is 23.2. The van der Waals surface area contributed by atoms with Crippen molar-refractivity contribution in [2.24, 2.45) is 0 Å². The van der Waals surface area contributed by atoms with Crippen LogP contribution in [-0.4, -0.2) is 26.4 Å². The van der Waals surface area contributed by atoms with Gasteiger partial charge in [0.1, 0.15) is 13.3 Å². The van der Waals surface area contributed by atoms with Crippen LogP contribution in [0.1, 0.15) is 21.3 Å². The van der Waals surface area contributed by atoms with Crippen LogP contribution in [0.5, 0.6) is 0 Å². The maximum atomic E-state index is 11.1. The first-order valence-electron chi connectivity index (χ1n) is 3.24. The van der Waals surface area contributed by atoms with Gasteiger partial charge in [-0.25, -0.2) is 8.78 Å². The third-order valence-corrected chi connectivity index (χ3v) is 0.543. The molecule has 0 spiro atoms. The average molecular weight is 155 g/mol. The standard InChI is InChI=1S/C4H9F2N.C2H6.CH4/c5-1-3-7-4-2-6;1-2;/h7H,1-4H2;1-2H3;1H4. The molecule has 0 atom stereocenters. The highest BCUT2D eigenvalue weighted by molar-refractivity contribution is 4.40. The molecule has 0 saturated carbocycles. The van der Waals surface area contributed by atoms with Crippen LogP contribution in [-0.2, 0) is 0 Å². The number of halogens is 2. The first-order chi connectivity index (χ1) is 4.41. The molecule has 0 aromatic rings. The lowest BCUT2D eigenvalue weighted by Crippen LogP contribution is -2.18. The summed E-state index contributed by atoms with van der Waals surface area (Å²) in [6.07, 6.45) is 0. The van der Waals surface area contributed by atoms with E-state index >= 15 is 0 Å². The molecule has 0 saturated heterocycles. The largest absolute Gasteiger partial charge is 0.312 e. The van der Waals surface area contributed by atoms with Gasteiger partial charge >= 0.3 is 0 Å². The molecule has 0 amide bonds. The normalized spacial score (nSPS) is 7.20. The molecule has 0 radical (unpaired) electrons. The summed E-state index contributed by atoms with van der Waals surface area (Å²) in [4.78, 5) is 0. The van der Waals surface area contributed by atoms with Gasteiger partial charge in [0.25, 0.3) is 0 Å². The summed E-state index contributed by atoms with van der Waals surface area (Å²) in [6, 6.07) is 0. The van der Waals surface area contributed by atoms with Crippen molar-refractivity contribution in [2.75, 3.05) is 26.4 Å². The Morgan fingerprint density at radius 2 is 1.30 bits per heavy atom. The van der Waals surface area contributed by atoms with Gasteiger partial charge in [-0.3, -0.25) is 0 Å². The Morgan fingerprint density at radius 3 is 1.50 bits per heavy atom. The molecule has 1 nitrogen and oxygen atoms in total. The van der Waals surface area contributed by atoms with Crippen LogP contribution in [0.15, 0.2) is 0 Å². The zero-order valence-electron chi connectivity index (χ0n) is 6.08. The average Bonchev–Trinajstić information content (AvgIpc) is 1.94. The topological polar surface area (TPSA) is 12.0 Å². The fourth-order valence-electron chi connectivity index (χ4n) is 0.259. The highest BCUT2D eigenvalue weighted by Crippen LogP contribution is 1.64. The maximum Gasteiger partial charge on any atom is 0.102 e. The van der Waals surface area contributed by atoms with Crippen molar-refractivity contribution in [2.45, 2.75) is 21.3 Å². The SMILES string of the molecule is C.CC.FCCNCCF. The fraction of sp³-hybridized carbons (Fsp3) is 1.00. The van der Waals surface area contributed by atoms with E-state index in [1.54, 1.807) is 0 Å². The molecule has 0 aromatic carbocycles. The predicted octanol–water partition coefficient (Wildman–Crippen LogP) is 2.18. The number of nitrogens with one attached hydrogen (secondary N) is 1. The lowest BCUT2D eigenvalue weighted by Gasteiger charge is -1.92. The maximum absolute atomic E-state index is 11.1. The molecule has 0 aliphatic heterocycles. The Morgan fingerprint density at radius 1 is 1.00 bits per heavy atom. The van der Waals surface area contributed by atoms with E-state index in [-0.39, 0.29) is 20.5 Å². The van der Waals surface area contributed by atoms with Crippen molar-refractivity contribution in [3.8, 4) is 0 Å². The third kappa shape index (κ3) is 24.9. The van der Waals surface area contributed by atoms with Crippen molar-refractivity contribution in [1.82, 2.24) is 5.32 Å². The van der Waals surface area contributed by atoms with Gasteiger partial charge in [-0.05, 0) is 0 Å². The van der Waals surface area contributed by atoms with Crippen LogP contribution in [0.4, 0.5) is 8.78 Å². The van der Waals surface area contributed by atoms with Crippen LogP contribution in [0, 0.1) is 0 Å². The molecule has 0 aromatic heterocycles. The summed E-state index contributed by atoms with van der Waals surface area (Å²) in [6.45, 7) is 3.70. The summed E-state index contributed by atoms with van der Waals surface area (Å²) in [5.41, 5.74) is 0. The molecule has 0 rings (SSSR count). The Balaban J connectivity index is -0.000000149. The van der Waals surface area contributed by atoms with Gasteiger partial charge in [0.2, 0.25) is 0 Å². The highest BCUT2D eigenvalue weighted by Gasteiger charge is 1.80. The highest BCUT2D eigenvalue weighted by atomic mass is 19.1. The first-order valence-corrected chi connectivity index (χ1v) is 3.24. The summed E-state index contributed by atoms with van der Waals surface area (Å²) in [7, 11) is 0. The number of hydrogen-bond acceptors (Lipinski definition) is 1. The summed E-state index contributed by atoms with van der Waals surface area (Å²) >= 11 is 0. The lowest BCUT2D eigenvalue weighted by atomic mass is 10.6. The lowest BCUT2D eigenvalue weighted by molar-refractivity contribution is 0.430. The van der Waals surface area contributed by atoms with E-state index < -0.39 is 13.3 Å². The number of rotatable bonds is 4. The number of alkyl halides is 2. The minimum Gasteiger partial charge on any atom is -0.312 e. The van der Waals surface area contributed by atoms with Crippen LogP contribution in [0.2, 0.25) is 0 Å². The molecule has 10 heavy (non-hydrogen) atoms. The van der Waals surface area contributed by atoms with E-state index in [9.17, 15) is 8.78 Å². The van der Waals surface area contributed by atoms with E-state index in [1.807, 2.05) is 13.8 Å². The Bertz CT molecular complexity index is 30.8. The second-order valence-electron chi connectivity index (χ2n) is 1.13. The van der Waals surface area contributed by atoms with E-state index in [0.29, 0.717) is 0 Å². The molecule has 0 fully saturated rings. The summed E-state index contributed by atoms with van der Waals surface area (Å²) < 4.78 is 22.3. The minimum atomic E-state index is -0.417. The van der Waals surface area contributed by atoms with Gasteiger partial charge < -0.3 is 5.32 Å². The molecule has 3 heteroatoms. The van der Waals surface area contributed by atoms with Gasteiger partial charge in [-0.2, -0.15) is 0 Å². The summed E-state index contributed by atoms with van der Waals surface area (Å²) in [5, 5.41) is 2.53. The molecular weight excluding hydrogens is 136 g/mol. The van der Waals surface area contributed by atoms with Gasteiger partial charge in [0.15, 0.2) is 0 Å². The minimum absolute atomic E-state index is 0. The predicted molar refractivity (Wildman–Crippen MR) is 42.9 cm³/mol. The molecule has 0 aliphatic carbocycles. The van der Waals surface area contributed by atoms with Gasteiger partial charge in [0, 0.05) is 13.1 Å². The zero-order chi connectivity index (χ0) is 7.54. The van der Waals surface area contributed by atoms with Gasteiger partial charge in [-0.15, -0.1) is 0 Å². The van der Waals surface area contributed by atoms with E-state index in [0.717, 1.165) is 0 Å². The molecule has 1 N–H and O–H groups in total. The zero-order valence-corrected chi connectivity index (χ0v) is 6.08. The van der Waals surface area contributed by atoms with Crippen molar-refractivity contribution >= 4 is 0 Å². The Labute approximate surface area is 62.8 Å². The molecule has 0 unspecified atom stereocenters. The molecular formula is C7H19F2N. The van der Waals surface area contributed by atoms with Crippen molar-refractivity contribution < 1.29 is 8.78 Å². The van der Waals surface area contributed by atoms with Crippen LogP contribution in [0.3, 0.4) is 0 Å². The summed E-state index contributed by atoms with van der Waals surface area (Å²) in [5.74, 6) is 0. The number of hydrogen-bond donors (Lipinski definition) is 1. The van der Waals surface area contributed by atoms with E-state index in [2.05, 4.69) is 5.32 Å². The van der Waals surface area contributed by atoms with Crippen LogP contribution >= 0.6 is 0 Å². The second-order valence-corrected chi connectivity index (χ2v) is 1.13. The van der Waals surface area contributed by atoms with E-state index in [1.165, 1.54) is 0 Å². The smallest absolute Gasteiger partial charge is 0.102 e. The first kappa shape index (κ1) is 16.4. The Hall–Kier alpha value is -0.180. The van der Waals surface area contributed by atoms with Crippen molar-refractivity contribution in [3.05, 3.63) is 0 Å². The van der Waals surface area contributed by atoms with Crippen LogP contribution < -0.4 is 5.32 Å². The molecule has 66 valence electrons. The molecule has 0 heterocycles. The monoisotopic (exact) mass is 155 g/mol. The molecule has 0 aliphatic rings. The van der Waals surface area contributed by atoms with Gasteiger partial charge in [-0.1, -0.05) is 21.3 Å². The Kier molecular flexibility index (Phi) is 38.1. The third-order valence-electron chi connectivity index (χ3n) is 0.543. The molecule has 0 bridgehead atoms.